The summed E-state index contributed by atoms with van der Waals surface area (Å²) in [6.45, 7) is 5.58. The largest absolute Gasteiger partial charge is 0.453 e. The number of aliphatic imine (C=N–C) groups is 1. The number of para-hydroxylation sites is 1. The van der Waals surface area contributed by atoms with Crippen molar-refractivity contribution in [1.29, 1.82) is 0 Å². The summed E-state index contributed by atoms with van der Waals surface area (Å²) in [6, 6.07) is 7.34. The number of carbonyl (C=O) groups is 2. The molecule has 0 aliphatic carbocycles. The Labute approximate surface area is 173 Å². The maximum Gasteiger partial charge on any atom is 0.396 e. The van der Waals surface area contributed by atoms with E-state index in [1.807, 2.05) is 22.8 Å². The van der Waals surface area contributed by atoms with Crippen molar-refractivity contribution < 1.29 is 19.2 Å². The van der Waals surface area contributed by atoms with Crippen molar-refractivity contribution in [1.82, 2.24) is 19.5 Å². The number of hydrogen-bond acceptors (Lipinski definition) is 8. The van der Waals surface area contributed by atoms with Gasteiger partial charge in [-0.1, -0.05) is 17.2 Å². The van der Waals surface area contributed by atoms with Crippen LogP contribution >= 0.6 is 0 Å². The van der Waals surface area contributed by atoms with Crippen LogP contribution in [-0.4, -0.2) is 56.6 Å². The van der Waals surface area contributed by atoms with E-state index in [-0.39, 0.29) is 18.5 Å². The van der Waals surface area contributed by atoms with Crippen molar-refractivity contribution in [2.75, 3.05) is 13.7 Å². The van der Waals surface area contributed by atoms with Gasteiger partial charge < -0.3 is 24.8 Å². The normalized spacial score (nSPS) is 19.0. The monoisotopic (exact) mass is 412 g/mol. The lowest BCUT2D eigenvalue weighted by atomic mass is 10.1. The smallest absolute Gasteiger partial charge is 0.396 e. The van der Waals surface area contributed by atoms with Gasteiger partial charge >= 0.3 is 11.9 Å². The molecule has 1 atom stereocenters. The second-order valence-electron chi connectivity index (χ2n) is 8.13. The molecule has 0 radical (unpaired) electrons. The molecule has 2 aromatic rings. The fourth-order valence-electron chi connectivity index (χ4n) is 3.44. The molecule has 10 heteroatoms. The Morgan fingerprint density at radius 1 is 1.33 bits per heavy atom. The number of carbonyl (C=O) groups excluding carboxylic acids is 2. The molecule has 0 spiro atoms. The van der Waals surface area contributed by atoms with Crippen LogP contribution in [0.2, 0.25) is 0 Å². The van der Waals surface area contributed by atoms with Crippen LogP contribution in [0.25, 0.3) is 5.69 Å². The molecule has 4 rings (SSSR count). The molecule has 1 aromatic heterocycles. The summed E-state index contributed by atoms with van der Waals surface area (Å²) in [6.07, 6.45) is 0.911. The summed E-state index contributed by atoms with van der Waals surface area (Å²) in [4.78, 5) is 41.3. The van der Waals surface area contributed by atoms with Crippen LogP contribution in [0.5, 0.6) is 0 Å². The highest BCUT2D eigenvalue weighted by Crippen LogP contribution is 2.33. The topological polar surface area (TPSA) is 115 Å². The lowest BCUT2D eigenvalue weighted by molar-refractivity contribution is -0.152. The second kappa shape index (κ2) is 7.22. The van der Waals surface area contributed by atoms with Crippen LogP contribution < -0.4 is 5.73 Å². The van der Waals surface area contributed by atoms with E-state index in [9.17, 15) is 9.59 Å². The zero-order chi connectivity index (χ0) is 21.6. The molecule has 0 bridgehead atoms. The maximum atomic E-state index is 12.8. The van der Waals surface area contributed by atoms with Gasteiger partial charge in [0.05, 0.1) is 36.5 Å². The number of esters is 1. The number of nitrogens with two attached hydrogens (primary N) is 1. The number of hydroxylamine groups is 2. The summed E-state index contributed by atoms with van der Waals surface area (Å²) in [5.41, 5.74) is 7.77. The maximum absolute atomic E-state index is 12.8. The summed E-state index contributed by atoms with van der Waals surface area (Å²) < 4.78 is 7.21. The van der Waals surface area contributed by atoms with Crippen LogP contribution in [0.15, 0.2) is 35.6 Å². The zero-order valence-corrected chi connectivity index (χ0v) is 17.3. The number of benzene rings is 1. The molecule has 1 unspecified atom stereocenters. The minimum Gasteiger partial charge on any atom is -0.453 e. The molecule has 10 nitrogen and oxygen atoms in total. The molecule has 158 valence electrons. The first-order valence-electron chi connectivity index (χ1n) is 9.56. The Hall–Kier alpha value is -3.24. The van der Waals surface area contributed by atoms with Gasteiger partial charge in [0, 0.05) is 7.05 Å². The Balaban J connectivity index is 1.75. The number of nitrogens with zero attached hydrogens (tertiary/aromatic N) is 5. The predicted octanol–water partition coefficient (Wildman–Crippen LogP) is 1.36. The van der Waals surface area contributed by atoms with Gasteiger partial charge in [-0.25, -0.2) is 14.8 Å². The van der Waals surface area contributed by atoms with Gasteiger partial charge in [-0.3, -0.25) is 4.79 Å². The lowest BCUT2D eigenvalue weighted by Gasteiger charge is -2.21. The molecule has 3 heterocycles. The molecule has 0 fully saturated rings. The van der Waals surface area contributed by atoms with Crippen molar-refractivity contribution in [2.45, 2.75) is 39.1 Å². The number of ether oxygens (including phenoxy) is 1. The minimum atomic E-state index is -0.734. The molecule has 2 aliphatic heterocycles. The molecule has 0 saturated carbocycles. The summed E-state index contributed by atoms with van der Waals surface area (Å²) in [5, 5.41) is 1.36. The number of rotatable bonds is 3. The fourth-order valence-corrected chi connectivity index (χ4v) is 3.44. The van der Waals surface area contributed by atoms with Crippen molar-refractivity contribution in [2.24, 2.45) is 10.7 Å². The van der Waals surface area contributed by atoms with Gasteiger partial charge in [0.1, 0.15) is 11.3 Å². The van der Waals surface area contributed by atoms with Gasteiger partial charge in [-0.15, -0.1) is 0 Å². The van der Waals surface area contributed by atoms with E-state index < -0.39 is 17.7 Å². The van der Waals surface area contributed by atoms with Gasteiger partial charge in [0.15, 0.2) is 6.17 Å². The van der Waals surface area contributed by atoms with Crippen molar-refractivity contribution in [3.63, 3.8) is 0 Å². The molecular weight excluding hydrogens is 388 g/mol. The van der Waals surface area contributed by atoms with Crippen molar-refractivity contribution in [3.8, 4) is 5.69 Å². The second-order valence-corrected chi connectivity index (χ2v) is 8.13. The Bertz CT molecular complexity index is 1040. The quantitative estimate of drug-likeness (QED) is 0.757. The van der Waals surface area contributed by atoms with Crippen LogP contribution in [0.1, 0.15) is 48.7 Å². The molecule has 0 saturated heterocycles. The number of fused-ring (bicyclic) bond motifs is 3. The van der Waals surface area contributed by atoms with Crippen molar-refractivity contribution in [3.05, 3.63) is 47.5 Å². The molecule has 1 amide bonds. The summed E-state index contributed by atoms with van der Waals surface area (Å²) >= 11 is 0. The third-order valence-corrected chi connectivity index (χ3v) is 4.74. The Kier molecular flexibility index (Phi) is 4.83. The van der Waals surface area contributed by atoms with Crippen LogP contribution in [0.3, 0.4) is 0 Å². The highest BCUT2D eigenvalue weighted by Gasteiger charge is 2.39. The Morgan fingerprint density at radius 3 is 2.77 bits per heavy atom. The van der Waals surface area contributed by atoms with Crippen LogP contribution in [-0.2, 0) is 20.9 Å². The first kappa shape index (κ1) is 20.0. The third-order valence-electron chi connectivity index (χ3n) is 4.74. The number of imidazole rings is 1. The highest BCUT2D eigenvalue weighted by molar-refractivity contribution is 6.32. The van der Waals surface area contributed by atoms with Crippen molar-refractivity contribution >= 4 is 17.8 Å². The summed E-state index contributed by atoms with van der Waals surface area (Å²) in [5.74, 6) is -0.941. The third kappa shape index (κ3) is 3.44. The van der Waals surface area contributed by atoms with E-state index in [4.69, 9.17) is 15.3 Å². The first-order valence-corrected chi connectivity index (χ1v) is 9.56. The van der Waals surface area contributed by atoms with E-state index in [1.54, 1.807) is 45.1 Å². The first-order chi connectivity index (χ1) is 14.2. The van der Waals surface area contributed by atoms with Crippen LogP contribution in [0, 0.1) is 0 Å². The van der Waals surface area contributed by atoms with E-state index in [2.05, 4.69) is 9.98 Å². The van der Waals surface area contributed by atoms with Gasteiger partial charge in [0.25, 0.3) is 5.91 Å². The van der Waals surface area contributed by atoms with Gasteiger partial charge in [0.2, 0.25) is 0 Å². The van der Waals surface area contributed by atoms with E-state index in [0.717, 1.165) is 11.4 Å². The lowest BCUT2D eigenvalue weighted by Crippen LogP contribution is -2.34. The summed E-state index contributed by atoms with van der Waals surface area (Å²) in [7, 11) is 1.73. The number of aromatic nitrogens is 2. The highest BCUT2D eigenvalue weighted by atomic mass is 16.7. The molecular formula is C20H24N6O4. The van der Waals surface area contributed by atoms with Crippen LogP contribution in [0.4, 0.5) is 0 Å². The Morgan fingerprint density at radius 2 is 2.07 bits per heavy atom. The zero-order valence-electron chi connectivity index (χ0n) is 17.3. The molecule has 2 N–H and O–H groups in total. The molecule has 2 aliphatic rings. The average Bonchev–Trinajstić information content (AvgIpc) is 3.27. The van der Waals surface area contributed by atoms with E-state index in [1.165, 1.54) is 5.06 Å². The van der Waals surface area contributed by atoms with E-state index in [0.29, 0.717) is 17.8 Å². The van der Waals surface area contributed by atoms with Gasteiger partial charge in [-0.2, -0.15) is 0 Å². The average molecular weight is 412 g/mol. The minimum absolute atomic E-state index is 0.0158. The number of hydrogen-bond donors (Lipinski definition) is 1. The number of amides is 1. The standard InChI is InChI=1S/C20H24N6O4/c1-20(2,3)29-19(28)17-23-16(26(10-21)30-17)15-14-9-24(4)18(27)12-7-5-6-8-13(12)25(14)11-22-15/h5-8,11,16H,9-10,21H2,1-4H3. The molecule has 30 heavy (non-hydrogen) atoms. The molecule has 1 aromatic carbocycles. The predicted molar refractivity (Wildman–Crippen MR) is 107 cm³/mol. The SMILES string of the molecule is CN1Cc2c(C3N=C(C(=O)OC(C)(C)C)ON3CN)ncn2-c2ccccc2C1=O. The fraction of sp³-hybridized carbons (Fsp3) is 0.400. The van der Waals surface area contributed by atoms with E-state index >= 15 is 0 Å². The van der Waals surface area contributed by atoms with Gasteiger partial charge in [-0.05, 0) is 32.9 Å².